The van der Waals surface area contributed by atoms with Gasteiger partial charge in [0, 0.05) is 24.7 Å². The minimum atomic E-state index is -0.255. The molecule has 0 saturated carbocycles. The van der Waals surface area contributed by atoms with Crippen LogP contribution in [0.5, 0.6) is 17.2 Å². The van der Waals surface area contributed by atoms with E-state index in [9.17, 15) is 9.59 Å². The molecule has 1 fully saturated rings. The highest BCUT2D eigenvalue weighted by atomic mass is 16.5. The number of hydrogen-bond donors (Lipinski definition) is 1. The number of ether oxygens (including phenoxy) is 3. The topological polar surface area (TPSA) is 77.1 Å². The third-order valence-electron chi connectivity index (χ3n) is 4.69. The quantitative estimate of drug-likeness (QED) is 0.728. The molecule has 1 aliphatic rings. The average molecular weight is 396 g/mol. The van der Waals surface area contributed by atoms with E-state index < -0.39 is 0 Å². The zero-order valence-electron chi connectivity index (χ0n) is 16.7. The molecule has 1 aliphatic heterocycles. The Hall–Kier alpha value is -3.48. The lowest BCUT2D eigenvalue weighted by atomic mass is 10.2. The van der Waals surface area contributed by atoms with Crippen molar-refractivity contribution >= 4 is 23.6 Å². The van der Waals surface area contributed by atoms with E-state index in [1.54, 1.807) is 56.6 Å². The molecule has 0 aliphatic carbocycles. The molecule has 1 heterocycles. The van der Waals surface area contributed by atoms with Crippen LogP contribution in [-0.2, 0) is 9.59 Å². The smallest absolute Gasteiger partial charge is 0.244 e. The van der Waals surface area contributed by atoms with Gasteiger partial charge in [-0.25, -0.2) is 0 Å². The molecule has 1 N–H and O–H groups in total. The Labute approximate surface area is 169 Å². The summed E-state index contributed by atoms with van der Waals surface area (Å²) in [6.07, 6.45) is 3.40. The SMILES string of the molecule is COc1ccc(N2CC(NC(=O)/C=C/c3ccc(OC)c(OC)c3)CC2=O)cc1. The number of nitrogens with zero attached hydrogens (tertiary/aromatic N) is 1. The van der Waals surface area contributed by atoms with Gasteiger partial charge in [-0.2, -0.15) is 0 Å². The van der Waals surface area contributed by atoms with Gasteiger partial charge in [0.05, 0.1) is 27.4 Å². The molecule has 0 bridgehead atoms. The fourth-order valence-corrected chi connectivity index (χ4v) is 3.19. The first kappa shape index (κ1) is 20.3. The standard InChI is InChI=1S/C22H24N2O5/c1-27-18-8-6-17(7-9-18)24-14-16(13-22(24)26)23-21(25)11-5-15-4-10-19(28-2)20(12-15)29-3/h4-12,16H,13-14H2,1-3H3,(H,23,25)/b11-5+. The number of carbonyl (C=O) groups excluding carboxylic acids is 2. The van der Waals surface area contributed by atoms with Crippen molar-refractivity contribution in [2.24, 2.45) is 0 Å². The Morgan fingerprint density at radius 1 is 1.03 bits per heavy atom. The van der Waals surface area contributed by atoms with E-state index in [4.69, 9.17) is 14.2 Å². The van der Waals surface area contributed by atoms with Gasteiger partial charge >= 0.3 is 0 Å². The predicted molar refractivity (Wildman–Crippen MR) is 110 cm³/mol. The molecule has 1 unspecified atom stereocenters. The highest BCUT2D eigenvalue weighted by Crippen LogP contribution is 2.28. The Morgan fingerprint density at radius 3 is 2.41 bits per heavy atom. The molecule has 7 heteroatoms. The molecular formula is C22H24N2O5. The largest absolute Gasteiger partial charge is 0.497 e. The normalized spacial score (nSPS) is 16.2. The second kappa shape index (κ2) is 9.14. The van der Waals surface area contributed by atoms with E-state index in [2.05, 4.69) is 5.32 Å². The van der Waals surface area contributed by atoms with Crippen molar-refractivity contribution in [3.63, 3.8) is 0 Å². The number of methoxy groups -OCH3 is 3. The molecular weight excluding hydrogens is 372 g/mol. The van der Waals surface area contributed by atoms with Gasteiger partial charge in [-0.1, -0.05) is 6.07 Å². The summed E-state index contributed by atoms with van der Waals surface area (Å²) < 4.78 is 15.6. The van der Waals surface area contributed by atoms with Crippen LogP contribution in [0.3, 0.4) is 0 Å². The first-order valence-corrected chi connectivity index (χ1v) is 9.19. The van der Waals surface area contributed by atoms with Crippen molar-refractivity contribution in [1.29, 1.82) is 0 Å². The Balaban J connectivity index is 1.59. The monoisotopic (exact) mass is 396 g/mol. The van der Waals surface area contributed by atoms with Gasteiger partial charge in [-0.3, -0.25) is 9.59 Å². The zero-order valence-corrected chi connectivity index (χ0v) is 16.7. The maximum atomic E-state index is 12.3. The lowest BCUT2D eigenvalue weighted by Crippen LogP contribution is -2.36. The number of hydrogen-bond acceptors (Lipinski definition) is 5. The molecule has 2 aromatic rings. The van der Waals surface area contributed by atoms with Gasteiger partial charge in [0.25, 0.3) is 0 Å². The molecule has 0 aromatic heterocycles. The Morgan fingerprint density at radius 2 is 1.76 bits per heavy atom. The number of amides is 2. The lowest BCUT2D eigenvalue weighted by molar-refractivity contribution is -0.117. The van der Waals surface area contributed by atoms with Crippen LogP contribution in [0.25, 0.3) is 6.08 Å². The van der Waals surface area contributed by atoms with Crippen molar-refractivity contribution in [2.45, 2.75) is 12.5 Å². The number of anilines is 1. The van der Waals surface area contributed by atoms with E-state index in [1.165, 1.54) is 6.08 Å². The Kier molecular flexibility index (Phi) is 6.39. The summed E-state index contributed by atoms with van der Waals surface area (Å²) in [6.45, 7) is 0.432. The minimum Gasteiger partial charge on any atom is -0.497 e. The molecule has 152 valence electrons. The van der Waals surface area contributed by atoms with Crippen molar-refractivity contribution in [3.8, 4) is 17.2 Å². The molecule has 7 nitrogen and oxygen atoms in total. The molecule has 2 aromatic carbocycles. The summed E-state index contributed by atoms with van der Waals surface area (Å²) in [5, 5.41) is 2.88. The number of nitrogens with one attached hydrogen (secondary N) is 1. The zero-order chi connectivity index (χ0) is 20.8. The van der Waals surface area contributed by atoms with Crippen LogP contribution in [0.2, 0.25) is 0 Å². The van der Waals surface area contributed by atoms with Gasteiger partial charge in [0.2, 0.25) is 11.8 Å². The highest BCUT2D eigenvalue weighted by Gasteiger charge is 2.31. The predicted octanol–water partition coefficient (Wildman–Crippen LogP) is 2.65. The van der Waals surface area contributed by atoms with Crippen LogP contribution < -0.4 is 24.4 Å². The summed E-state index contributed by atoms with van der Waals surface area (Å²) >= 11 is 0. The van der Waals surface area contributed by atoms with Crippen molar-refractivity contribution in [3.05, 3.63) is 54.1 Å². The van der Waals surface area contributed by atoms with Crippen molar-refractivity contribution in [1.82, 2.24) is 5.32 Å². The van der Waals surface area contributed by atoms with Gasteiger partial charge in [0.1, 0.15) is 5.75 Å². The van der Waals surface area contributed by atoms with E-state index in [-0.39, 0.29) is 24.3 Å². The van der Waals surface area contributed by atoms with Crippen LogP contribution in [0.1, 0.15) is 12.0 Å². The molecule has 0 radical (unpaired) electrons. The highest BCUT2D eigenvalue weighted by molar-refractivity contribution is 5.98. The number of benzene rings is 2. The first-order valence-electron chi connectivity index (χ1n) is 9.19. The molecule has 1 saturated heterocycles. The maximum Gasteiger partial charge on any atom is 0.244 e. The summed E-state index contributed by atoms with van der Waals surface area (Å²) in [4.78, 5) is 26.3. The number of carbonyl (C=O) groups is 2. The third-order valence-corrected chi connectivity index (χ3v) is 4.69. The summed E-state index contributed by atoms with van der Waals surface area (Å²) in [5.74, 6) is 1.66. The molecule has 2 amide bonds. The van der Waals surface area contributed by atoms with Crippen LogP contribution >= 0.6 is 0 Å². The van der Waals surface area contributed by atoms with Gasteiger partial charge in [0.15, 0.2) is 11.5 Å². The Bertz CT molecular complexity index is 908. The second-order valence-electron chi connectivity index (χ2n) is 6.56. The first-order chi connectivity index (χ1) is 14.0. The summed E-state index contributed by atoms with van der Waals surface area (Å²) in [7, 11) is 4.72. The van der Waals surface area contributed by atoms with Gasteiger partial charge in [-0.15, -0.1) is 0 Å². The third kappa shape index (κ3) is 4.87. The minimum absolute atomic E-state index is 0.0238. The van der Waals surface area contributed by atoms with Crippen LogP contribution in [-0.4, -0.2) is 45.7 Å². The molecule has 1 atom stereocenters. The molecule has 29 heavy (non-hydrogen) atoms. The van der Waals surface area contributed by atoms with Crippen LogP contribution in [0.4, 0.5) is 5.69 Å². The molecule has 3 rings (SSSR count). The van der Waals surface area contributed by atoms with Gasteiger partial charge < -0.3 is 24.4 Å². The van der Waals surface area contributed by atoms with Crippen LogP contribution in [0.15, 0.2) is 48.5 Å². The van der Waals surface area contributed by atoms with Crippen LogP contribution in [0, 0.1) is 0 Å². The maximum absolute atomic E-state index is 12.3. The summed E-state index contributed by atoms with van der Waals surface area (Å²) in [6, 6.07) is 12.4. The van der Waals surface area contributed by atoms with Crippen molar-refractivity contribution < 1.29 is 23.8 Å². The van der Waals surface area contributed by atoms with E-state index >= 15 is 0 Å². The van der Waals surface area contributed by atoms with Crippen molar-refractivity contribution in [2.75, 3.05) is 32.8 Å². The van der Waals surface area contributed by atoms with E-state index in [0.29, 0.717) is 18.0 Å². The fraction of sp³-hybridized carbons (Fsp3) is 0.273. The summed E-state index contributed by atoms with van der Waals surface area (Å²) in [5.41, 5.74) is 1.59. The van der Waals surface area contributed by atoms with E-state index in [0.717, 1.165) is 17.0 Å². The average Bonchev–Trinajstić information content (AvgIpc) is 3.11. The lowest BCUT2D eigenvalue weighted by Gasteiger charge is -2.17. The van der Waals surface area contributed by atoms with E-state index in [1.807, 2.05) is 18.2 Å². The van der Waals surface area contributed by atoms with Gasteiger partial charge in [-0.05, 0) is 48.0 Å². The molecule has 0 spiro atoms. The number of rotatable bonds is 7. The second-order valence-corrected chi connectivity index (χ2v) is 6.56. The fourth-order valence-electron chi connectivity index (χ4n) is 3.19.